The molecule has 3 aromatic rings. The number of nitriles is 1. The fourth-order valence-corrected chi connectivity index (χ4v) is 5.74. The Morgan fingerprint density at radius 1 is 1.24 bits per heavy atom. The van der Waals surface area contributed by atoms with Crippen LogP contribution in [0.5, 0.6) is 0 Å². The molecule has 1 aliphatic carbocycles. The van der Waals surface area contributed by atoms with Crippen LogP contribution in [0.4, 0.5) is 13.2 Å². The topological polar surface area (TPSA) is 58.7 Å². The molecule has 0 amide bonds. The van der Waals surface area contributed by atoms with Crippen LogP contribution in [-0.2, 0) is 19.0 Å². The molecule has 0 aliphatic heterocycles. The number of hydrogen-bond donors (Lipinski definition) is 0. The molecule has 0 spiro atoms. The second kappa shape index (κ2) is 7.84. The van der Waals surface area contributed by atoms with Gasteiger partial charge in [-0.2, -0.15) is 18.4 Å². The summed E-state index contributed by atoms with van der Waals surface area (Å²) in [5, 5.41) is 9.44. The summed E-state index contributed by atoms with van der Waals surface area (Å²) in [7, 11) is 0. The third kappa shape index (κ3) is 3.67. The molecule has 2 aromatic heterocycles. The molecule has 0 radical (unpaired) electrons. The molecular weight excluding hydrogens is 419 g/mol. The lowest BCUT2D eigenvalue weighted by Crippen LogP contribution is -2.25. The number of para-hydroxylation sites is 1. The monoisotopic (exact) mass is 435 g/mol. The average Bonchev–Trinajstić information content (AvgIpc) is 3.06. The molecule has 0 saturated heterocycles. The maximum Gasteiger partial charge on any atom is 0.418 e. The van der Waals surface area contributed by atoms with Gasteiger partial charge in [-0.25, -0.2) is 4.98 Å². The molecule has 0 unspecified atom stereocenters. The van der Waals surface area contributed by atoms with Crippen molar-refractivity contribution in [1.82, 2.24) is 9.55 Å². The van der Waals surface area contributed by atoms with Crippen molar-refractivity contribution in [2.45, 2.75) is 43.4 Å². The second-order valence-corrected chi connectivity index (χ2v) is 8.84. The predicted molar refractivity (Wildman–Crippen MR) is 108 cm³/mol. The first-order valence-corrected chi connectivity index (χ1v) is 11.0. The van der Waals surface area contributed by atoms with Gasteiger partial charge in [0.15, 0.2) is 5.16 Å². The van der Waals surface area contributed by atoms with Gasteiger partial charge in [-0.1, -0.05) is 23.9 Å². The molecule has 0 bridgehead atoms. The van der Waals surface area contributed by atoms with Crippen LogP contribution in [0.25, 0.3) is 15.9 Å². The Hall–Kier alpha value is -2.31. The number of fused-ring (bicyclic) bond motifs is 3. The van der Waals surface area contributed by atoms with Gasteiger partial charge in [0, 0.05) is 17.1 Å². The maximum absolute atomic E-state index is 13.6. The molecule has 0 atom stereocenters. The normalized spacial score (nSPS) is 14.0. The van der Waals surface area contributed by atoms with Gasteiger partial charge in [0.1, 0.15) is 4.83 Å². The van der Waals surface area contributed by atoms with E-state index in [0.29, 0.717) is 16.0 Å². The summed E-state index contributed by atoms with van der Waals surface area (Å²) in [4.78, 5) is 19.7. The molecule has 0 saturated carbocycles. The number of alkyl halides is 3. The molecule has 4 nitrogen and oxygen atoms in total. The summed E-state index contributed by atoms with van der Waals surface area (Å²) in [5.41, 5.74) is -0.643. The highest BCUT2D eigenvalue weighted by Crippen LogP contribution is 2.37. The number of thioether (sulfide) groups is 1. The number of hydrogen-bond acceptors (Lipinski definition) is 5. The van der Waals surface area contributed by atoms with Crippen molar-refractivity contribution in [3.8, 4) is 11.8 Å². The van der Waals surface area contributed by atoms with E-state index >= 15 is 0 Å². The fraction of sp³-hybridized carbons (Fsp3) is 0.350. The zero-order chi connectivity index (χ0) is 20.6. The quantitative estimate of drug-likeness (QED) is 0.315. The zero-order valence-corrected chi connectivity index (χ0v) is 16.9. The van der Waals surface area contributed by atoms with Crippen molar-refractivity contribution in [3.63, 3.8) is 0 Å². The van der Waals surface area contributed by atoms with E-state index in [9.17, 15) is 18.0 Å². The number of nitrogens with zero attached hydrogens (tertiary/aromatic N) is 3. The Morgan fingerprint density at radius 3 is 2.76 bits per heavy atom. The maximum atomic E-state index is 13.6. The van der Waals surface area contributed by atoms with E-state index in [-0.39, 0.29) is 17.3 Å². The lowest BCUT2D eigenvalue weighted by Gasteiger charge is -2.17. The van der Waals surface area contributed by atoms with E-state index in [2.05, 4.69) is 4.98 Å². The van der Waals surface area contributed by atoms with Gasteiger partial charge in [-0.05, 0) is 43.4 Å². The number of rotatable bonds is 4. The Kier molecular flexibility index (Phi) is 5.40. The number of aromatic nitrogens is 2. The van der Waals surface area contributed by atoms with Gasteiger partial charge in [-0.3, -0.25) is 9.36 Å². The highest BCUT2D eigenvalue weighted by Gasteiger charge is 2.35. The van der Waals surface area contributed by atoms with Crippen LogP contribution in [-0.4, -0.2) is 15.3 Å². The van der Waals surface area contributed by atoms with E-state index in [1.54, 1.807) is 0 Å². The van der Waals surface area contributed by atoms with Gasteiger partial charge >= 0.3 is 6.18 Å². The number of halogens is 3. The lowest BCUT2D eigenvalue weighted by atomic mass is 9.97. The van der Waals surface area contributed by atoms with Crippen molar-refractivity contribution < 1.29 is 13.2 Å². The molecule has 1 aliphatic rings. The van der Waals surface area contributed by atoms with Crippen LogP contribution < -0.4 is 5.56 Å². The fourth-order valence-electron chi connectivity index (χ4n) is 3.59. The number of aryl methyl sites for hydroxylation is 2. The molecule has 2 heterocycles. The van der Waals surface area contributed by atoms with Crippen LogP contribution in [0.15, 0.2) is 34.2 Å². The summed E-state index contributed by atoms with van der Waals surface area (Å²) >= 11 is 2.59. The van der Waals surface area contributed by atoms with Crippen LogP contribution >= 0.6 is 23.1 Å². The Morgan fingerprint density at radius 2 is 2.00 bits per heavy atom. The van der Waals surface area contributed by atoms with E-state index in [1.165, 1.54) is 29.5 Å². The number of benzene rings is 1. The van der Waals surface area contributed by atoms with E-state index < -0.39 is 17.3 Å². The first-order valence-electron chi connectivity index (χ1n) is 9.15. The largest absolute Gasteiger partial charge is 0.418 e. The molecular formula is C20H16F3N3OS2. The van der Waals surface area contributed by atoms with Crippen LogP contribution in [0.1, 0.15) is 35.3 Å². The van der Waals surface area contributed by atoms with Gasteiger partial charge < -0.3 is 0 Å². The molecule has 9 heteroatoms. The molecule has 4 rings (SSSR count). The highest BCUT2D eigenvalue weighted by molar-refractivity contribution is 7.99. The van der Waals surface area contributed by atoms with Crippen LogP contribution in [0, 0.1) is 11.3 Å². The minimum Gasteiger partial charge on any atom is -0.268 e. The van der Waals surface area contributed by atoms with Gasteiger partial charge in [0.25, 0.3) is 5.56 Å². The smallest absolute Gasteiger partial charge is 0.268 e. The first kappa shape index (κ1) is 20.0. The van der Waals surface area contributed by atoms with Crippen molar-refractivity contribution in [2.24, 2.45) is 0 Å². The molecule has 0 fully saturated rings. The summed E-state index contributed by atoms with van der Waals surface area (Å²) < 4.78 is 42.0. The van der Waals surface area contributed by atoms with Crippen molar-refractivity contribution >= 4 is 33.3 Å². The Labute approximate surface area is 173 Å². The third-order valence-corrected chi connectivity index (χ3v) is 6.98. The van der Waals surface area contributed by atoms with Gasteiger partial charge in [0.05, 0.1) is 22.7 Å². The van der Waals surface area contributed by atoms with Crippen molar-refractivity contribution in [1.29, 1.82) is 5.26 Å². The summed E-state index contributed by atoms with van der Waals surface area (Å²) in [6.07, 6.45) is -0.793. The summed E-state index contributed by atoms with van der Waals surface area (Å²) in [6, 6.07) is 7.06. The summed E-state index contributed by atoms with van der Waals surface area (Å²) in [5.74, 6) is 0.341. The van der Waals surface area contributed by atoms with Crippen LogP contribution in [0.2, 0.25) is 0 Å². The SMILES string of the molecule is N#CCCSc1nc2sc3c(c2c(=O)n1-c1ccccc1C(F)(F)F)CCCC3. The predicted octanol–water partition coefficient (Wildman–Crippen LogP) is 5.35. The van der Waals surface area contributed by atoms with Crippen molar-refractivity contribution in [3.05, 3.63) is 50.6 Å². The third-order valence-electron chi connectivity index (χ3n) is 4.85. The molecule has 29 heavy (non-hydrogen) atoms. The highest BCUT2D eigenvalue weighted by atomic mass is 32.2. The zero-order valence-electron chi connectivity index (χ0n) is 15.3. The van der Waals surface area contributed by atoms with Gasteiger partial charge in [-0.15, -0.1) is 11.3 Å². The average molecular weight is 435 g/mol. The summed E-state index contributed by atoms with van der Waals surface area (Å²) in [6.45, 7) is 0. The molecule has 150 valence electrons. The molecule has 1 aromatic carbocycles. The minimum atomic E-state index is -4.60. The van der Waals surface area contributed by atoms with Crippen molar-refractivity contribution in [2.75, 3.05) is 5.75 Å². The van der Waals surface area contributed by atoms with Gasteiger partial charge in [0.2, 0.25) is 0 Å². The van der Waals surface area contributed by atoms with E-state index in [1.807, 2.05) is 6.07 Å². The van der Waals surface area contributed by atoms with E-state index in [4.69, 9.17) is 5.26 Å². The standard InChI is InChI=1S/C20H16F3N3OS2/c21-20(22,23)13-7-2-3-8-14(13)26-18(27)16-12-6-1-4-9-15(12)29-17(16)25-19(26)28-11-5-10-24/h2-3,7-8H,1,4-6,9,11H2. The second-order valence-electron chi connectivity index (χ2n) is 6.70. The first-order chi connectivity index (χ1) is 13.9. The number of thiophene rings is 1. The lowest BCUT2D eigenvalue weighted by molar-refractivity contribution is -0.137. The molecule has 0 N–H and O–H groups in total. The Bertz CT molecular complexity index is 1170. The van der Waals surface area contributed by atoms with Crippen LogP contribution in [0.3, 0.4) is 0 Å². The minimum absolute atomic E-state index is 0.188. The van der Waals surface area contributed by atoms with E-state index in [0.717, 1.165) is 58.5 Å². The Balaban J connectivity index is 2.01.